The zero-order valence-electron chi connectivity index (χ0n) is 11.5. The SMILES string of the molecule is CC(C)CC1CCC(C2CC=C(O)CC2)CC1. The van der Waals surface area contributed by atoms with Crippen LogP contribution in [-0.2, 0) is 0 Å². The minimum atomic E-state index is 0.634. The third-order valence-corrected chi connectivity index (χ3v) is 4.79. The van der Waals surface area contributed by atoms with Crippen LogP contribution in [0, 0.1) is 23.7 Å². The van der Waals surface area contributed by atoms with E-state index in [-0.39, 0.29) is 0 Å². The van der Waals surface area contributed by atoms with Crippen LogP contribution in [0.25, 0.3) is 0 Å². The molecule has 0 aromatic carbocycles. The molecule has 17 heavy (non-hydrogen) atoms. The largest absolute Gasteiger partial charge is 0.513 e. The van der Waals surface area contributed by atoms with Gasteiger partial charge in [-0.2, -0.15) is 0 Å². The molecular formula is C16H28O. The Hall–Kier alpha value is -0.460. The molecule has 1 N–H and O–H groups in total. The maximum Gasteiger partial charge on any atom is 0.0883 e. The van der Waals surface area contributed by atoms with Gasteiger partial charge in [0.25, 0.3) is 0 Å². The lowest BCUT2D eigenvalue weighted by molar-refractivity contribution is 0.172. The molecule has 1 saturated carbocycles. The van der Waals surface area contributed by atoms with Gasteiger partial charge in [-0.1, -0.05) is 26.7 Å². The maximum atomic E-state index is 9.43. The minimum Gasteiger partial charge on any atom is -0.513 e. The highest BCUT2D eigenvalue weighted by Gasteiger charge is 2.28. The molecule has 0 heterocycles. The van der Waals surface area contributed by atoms with E-state index >= 15 is 0 Å². The molecule has 1 atom stereocenters. The first-order valence-corrected chi connectivity index (χ1v) is 7.53. The molecule has 1 heteroatoms. The molecule has 0 saturated heterocycles. The summed E-state index contributed by atoms with van der Waals surface area (Å²) in [5.41, 5.74) is 0. The molecular weight excluding hydrogens is 208 g/mol. The second kappa shape index (κ2) is 5.93. The smallest absolute Gasteiger partial charge is 0.0883 e. The van der Waals surface area contributed by atoms with Crippen LogP contribution >= 0.6 is 0 Å². The number of rotatable bonds is 3. The predicted molar refractivity (Wildman–Crippen MR) is 73.0 cm³/mol. The third kappa shape index (κ3) is 3.76. The molecule has 0 aliphatic heterocycles. The number of hydrogen-bond acceptors (Lipinski definition) is 1. The van der Waals surface area contributed by atoms with Gasteiger partial charge in [0, 0.05) is 6.42 Å². The summed E-state index contributed by atoms with van der Waals surface area (Å²) in [5.74, 6) is 4.31. The van der Waals surface area contributed by atoms with E-state index in [0.29, 0.717) is 5.76 Å². The Labute approximate surface area is 106 Å². The van der Waals surface area contributed by atoms with Crippen molar-refractivity contribution in [2.24, 2.45) is 23.7 Å². The van der Waals surface area contributed by atoms with E-state index < -0.39 is 0 Å². The van der Waals surface area contributed by atoms with E-state index in [9.17, 15) is 5.11 Å². The zero-order chi connectivity index (χ0) is 12.3. The Bertz CT molecular complexity index is 259. The molecule has 0 aromatic rings. The highest BCUT2D eigenvalue weighted by atomic mass is 16.3. The fourth-order valence-electron chi connectivity index (χ4n) is 3.83. The number of allylic oxidation sites excluding steroid dienone is 2. The van der Waals surface area contributed by atoms with E-state index in [1.807, 2.05) is 0 Å². The zero-order valence-corrected chi connectivity index (χ0v) is 11.5. The predicted octanol–water partition coefficient (Wildman–Crippen LogP) is 5.08. The first-order valence-electron chi connectivity index (χ1n) is 7.53. The lowest BCUT2D eigenvalue weighted by Crippen LogP contribution is -2.23. The van der Waals surface area contributed by atoms with Gasteiger partial charge in [-0.05, 0) is 61.9 Å². The molecule has 2 aliphatic rings. The van der Waals surface area contributed by atoms with Gasteiger partial charge in [-0.25, -0.2) is 0 Å². The molecule has 0 amide bonds. The van der Waals surface area contributed by atoms with Crippen LogP contribution in [0.2, 0.25) is 0 Å². The van der Waals surface area contributed by atoms with Crippen LogP contribution in [0.3, 0.4) is 0 Å². The van der Waals surface area contributed by atoms with Crippen LogP contribution in [0.4, 0.5) is 0 Å². The second-order valence-electron chi connectivity index (χ2n) is 6.64. The van der Waals surface area contributed by atoms with E-state index in [2.05, 4.69) is 19.9 Å². The van der Waals surface area contributed by atoms with E-state index in [1.165, 1.54) is 38.5 Å². The lowest BCUT2D eigenvalue weighted by Gasteiger charge is -2.35. The molecule has 2 aliphatic carbocycles. The highest BCUT2D eigenvalue weighted by Crippen LogP contribution is 2.40. The van der Waals surface area contributed by atoms with Crippen molar-refractivity contribution < 1.29 is 5.11 Å². The van der Waals surface area contributed by atoms with Crippen LogP contribution in [0.15, 0.2) is 11.8 Å². The fourth-order valence-corrected chi connectivity index (χ4v) is 3.83. The Morgan fingerprint density at radius 1 is 1.12 bits per heavy atom. The van der Waals surface area contributed by atoms with E-state index in [4.69, 9.17) is 0 Å². The monoisotopic (exact) mass is 236 g/mol. The van der Waals surface area contributed by atoms with Crippen molar-refractivity contribution in [2.45, 2.75) is 65.2 Å². The third-order valence-electron chi connectivity index (χ3n) is 4.79. The summed E-state index contributed by atoms with van der Waals surface area (Å²) >= 11 is 0. The Morgan fingerprint density at radius 2 is 1.82 bits per heavy atom. The van der Waals surface area contributed by atoms with Crippen molar-refractivity contribution in [1.82, 2.24) is 0 Å². The minimum absolute atomic E-state index is 0.634. The number of aliphatic hydroxyl groups is 1. The molecule has 1 fully saturated rings. The number of hydrogen-bond donors (Lipinski definition) is 1. The Kier molecular flexibility index (Phi) is 4.53. The summed E-state index contributed by atoms with van der Waals surface area (Å²) in [7, 11) is 0. The quantitative estimate of drug-likeness (QED) is 0.724. The van der Waals surface area contributed by atoms with Gasteiger partial charge >= 0.3 is 0 Å². The van der Waals surface area contributed by atoms with Crippen LogP contribution in [0.5, 0.6) is 0 Å². The summed E-state index contributed by atoms with van der Waals surface area (Å²) in [5, 5.41) is 9.43. The summed E-state index contributed by atoms with van der Waals surface area (Å²) in [4.78, 5) is 0. The normalized spacial score (nSPS) is 34.8. The highest BCUT2D eigenvalue weighted by molar-refractivity contribution is 4.98. The molecule has 0 spiro atoms. The van der Waals surface area contributed by atoms with Gasteiger partial charge in [-0.15, -0.1) is 0 Å². The average Bonchev–Trinajstić information content (AvgIpc) is 2.30. The van der Waals surface area contributed by atoms with E-state index in [0.717, 1.165) is 36.5 Å². The fraction of sp³-hybridized carbons (Fsp3) is 0.875. The Morgan fingerprint density at radius 3 is 2.35 bits per heavy atom. The molecule has 1 nitrogen and oxygen atoms in total. The Balaban J connectivity index is 1.75. The van der Waals surface area contributed by atoms with Gasteiger partial charge < -0.3 is 5.11 Å². The van der Waals surface area contributed by atoms with Gasteiger partial charge in [0.15, 0.2) is 0 Å². The summed E-state index contributed by atoms with van der Waals surface area (Å²) in [6.07, 6.45) is 12.6. The van der Waals surface area contributed by atoms with Crippen molar-refractivity contribution in [3.05, 3.63) is 11.8 Å². The second-order valence-corrected chi connectivity index (χ2v) is 6.64. The first-order chi connectivity index (χ1) is 8.15. The molecule has 1 unspecified atom stereocenters. The molecule has 0 aromatic heterocycles. The number of aliphatic hydroxyl groups excluding tert-OH is 1. The van der Waals surface area contributed by atoms with Crippen LogP contribution < -0.4 is 0 Å². The van der Waals surface area contributed by atoms with Crippen LogP contribution in [0.1, 0.15) is 65.2 Å². The van der Waals surface area contributed by atoms with Gasteiger partial charge in [0.05, 0.1) is 5.76 Å². The topological polar surface area (TPSA) is 20.2 Å². The van der Waals surface area contributed by atoms with Crippen molar-refractivity contribution in [1.29, 1.82) is 0 Å². The van der Waals surface area contributed by atoms with Gasteiger partial charge in [0.1, 0.15) is 0 Å². The van der Waals surface area contributed by atoms with Crippen LogP contribution in [-0.4, -0.2) is 5.11 Å². The van der Waals surface area contributed by atoms with Gasteiger partial charge in [-0.3, -0.25) is 0 Å². The lowest BCUT2D eigenvalue weighted by atomic mass is 9.71. The summed E-state index contributed by atoms with van der Waals surface area (Å²) in [6, 6.07) is 0. The first kappa shape index (κ1) is 13.0. The van der Waals surface area contributed by atoms with Crippen molar-refractivity contribution in [3.63, 3.8) is 0 Å². The molecule has 98 valence electrons. The summed E-state index contributed by atoms with van der Waals surface area (Å²) in [6.45, 7) is 4.70. The molecule has 2 rings (SSSR count). The molecule has 0 bridgehead atoms. The van der Waals surface area contributed by atoms with Crippen molar-refractivity contribution >= 4 is 0 Å². The van der Waals surface area contributed by atoms with Crippen molar-refractivity contribution in [3.8, 4) is 0 Å². The van der Waals surface area contributed by atoms with Gasteiger partial charge in [0.2, 0.25) is 0 Å². The maximum absolute atomic E-state index is 9.43. The molecule has 0 radical (unpaired) electrons. The standard InChI is InChI=1S/C16H28O/c1-12(2)11-13-3-5-14(6-4-13)15-7-9-16(17)10-8-15/h9,12-15,17H,3-8,10-11H2,1-2H3. The average molecular weight is 236 g/mol. The van der Waals surface area contributed by atoms with Crippen molar-refractivity contribution in [2.75, 3.05) is 0 Å². The van der Waals surface area contributed by atoms with E-state index in [1.54, 1.807) is 0 Å². The summed E-state index contributed by atoms with van der Waals surface area (Å²) < 4.78 is 0.